The topological polar surface area (TPSA) is 103 Å². The van der Waals surface area contributed by atoms with Crippen molar-refractivity contribution in [3.05, 3.63) is 12.2 Å². The third-order valence-corrected chi connectivity index (χ3v) is 5.74. The molecule has 1 aromatic heterocycles. The van der Waals surface area contributed by atoms with Gasteiger partial charge < -0.3 is 19.9 Å². The summed E-state index contributed by atoms with van der Waals surface area (Å²) in [5.41, 5.74) is 0. The molecule has 9 heteroatoms. The first-order valence-electron chi connectivity index (χ1n) is 9.92. The van der Waals surface area contributed by atoms with Gasteiger partial charge in [0.05, 0.1) is 6.10 Å². The molecule has 1 unspecified atom stereocenters. The van der Waals surface area contributed by atoms with Gasteiger partial charge in [-0.15, -0.1) is 0 Å². The molecule has 1 aliphatic carbocycles. The van der Waals surface area contributed by atoms with Gasteiger partial charge in [-0.05, 0) is 50.6 Å². The minimum absolute atomic E-state index is 0.0493. The molecule has 0 spiro atoms. The van der Waals surface area contributed by atoms with Gasteiger partial charge in [0.1, 0.15) is 12.9 Å². The number of aromatic nitrogens is 3. The van der Waals surface area contributed by atoms with E-state index in [1.54, 1.807) is 0 Å². The molecule has 0 aromatic carbocycles. The third kappa shape index (κ3) is 5.04. The van der Waals surface area contributed by atoms with Crippen molar-refractivity contribution in [2.24, 2.45) is 11.8 Å². The molecule has 3 heterocycles. The highest BCUT2D eigenvalue weighted by Crippen LogP contribution is 2.31. The van der Waals surface area contributed by atoms with Crippen LogP contribution < -0.4 is 5.32 Å². The molecular weight excluding hydrogens is 348 g/mol. The Morgan fingerprint density at radius 3 is 2.70 bits per heavy atom. The Bertz CT molecular complexity index is 640. The van der Waals surface area contributed by atoms with Crippen molar-refractivity contribution in [1.29, 1.82) is 0 Å². The van der Waals surface area contributed by atoms with Gasteiger partial charge in [-0.1, -0.05) is 0 Å². The number of carbonyl (C=O) groups is 2. The minimum Gasteiger partial charge on any atom is -0.365 e. The second-order valence-corrected chi connectivity index (χ2v) is 7.96. The van der Waals surface area contributed by atoms with Crippen LogP contribution in [-0.2, 0) is 9.53 Å². The second-order valence-electron chi connectivity index (χ2n) is 7.96. The van der Waals surface area contributed by atoms with Crippen LogP contribution in [0.15, 0.2) is 6.33 Å². The summed E-state index contributed by atoms with van der Waals surface area (Å²) in [4.78, 5) is 32.5. The molecule has 3 fully saturated rings. The smallest absolute Gasteiger partial charge is 0.288 e. The van der Waals surface area contributed by atoms with Crippen LogP contribution in [0.2, 0.25) is 0 Å². The molecule has 2 N–H and O–H groups in total. The maximum atomic E-state index is 12.2. The second kappa shape index (κ2) is 8.35. The highest BCUT2D eigenvalue weighted by atomic mass is 16.5. The Hall–Kier alpha value is -2.00. The van der Waals surface area contributed by atoms with Crippen molar-refractivity contribution in [2.45, 2.75) is 31.8 Å². The predicted octanol–water partition coefficient (Wildman–Crippen LogP) is -0.116. The van der Waals surface area contributed by atoms with Gasteiger partial charge in [-0.3, -0.25) is 14.7 Å². The van der Waals surface area contributed by atoms with Crippen LogP contribution in [0.3, 0.4) is 0 Å². The van der Waals surface area contributed by atoms with Crippen LogP contribution in [0.25, 0.3) is 0 Å². The number of morpholine rings is 1. The molecule has 27 heavy (non-hydrogen) atoms. The molecule has 0 radical (unpaired) electrons. The van der Waals surface area contributed by atoms with E-state index < -0.39 is 0 Å². The van der Waals surface area contributed by atoms with Gasteiger partial charge in [0, 0.05) is 26.2 Å². The summed E-state index contributed by atoms with van der Waals surface area (Å²) >= 11 is 0. The van der Waals surface area contributed by atoms with Crippen LogP contribution in [0.5, 0.6) is 0 Å². The average molecular weight is 376 g/mol. The van der Waals surface area contributed by atoms with Crippen LogP contribution in [0.4, 0.5) is 0 Å². The monoisotopic (exact) mass is 376 g/mol. The van der Waals surface area contributed by atoms with E-state index in [2.05, 4.69) is 25.4 Å². The first kappa shape index (κ1) is 18.4. The van der Waals surface area contributed by atoms with Crippen LogP contribution in [0, 0.1) is 11.8 Å². The number of hydrogen-bond donors (Lipinski definition) is 2. The lowest BCUT2D eigenvalue weighted by Crippen LogP contribution is -2.52. The maximum Gasteiger partial charge on any atom is 0.288 e. The molecule has 1 saturated carbocycles. The zero-order chi connectivity index (χ0) is 18.6. The zero-order valence-corrected chi connectivity index (χ0v) is 15.6. The minimum atomic E-state index is -0.317. The lowest BCUT2D eigenvalue weighted by atomic mass is 9.95. The fourth-order valence-corrected chi connectivity index (χ4v) is 3.91. The normalized spacial score (nSPS) is 25.0. The molecule has 9 nitrogen and oxygen atoms in total. The SMILES string of the molecule is O=C(NCC1CN(CC2CCN(CC3CC3)CC2)C(=O)CO1)c1ncn[nH]1. The Morgan fingerprint density at radius 2 is 2.00 bits per heavy atom. The fraction of sp³-hybridized carbons (Fsp3) is 0.778. The lowest BCUT2D eigenvalue weighted by Gasteiger charge is -2.38. The summed E-state index contributed by atoms with van der Waals surface area (Å²) in [6.07, 6.45) is 6.22. The molecule has 2 saturated heterocycles. The summed E-state index contributed by atoms with van der Waals surface area (Å²) in [6, 6.07) is 0. The number of nitrogens with zero attached hydrogens (tertiary/aromatic N) is 4. The summed E-state index contributed by atoms with van der Waals surface area (Å²) in [7, 11) is 0. The van der Waals surface area contributed by atoms with E-state index in [1.807, 2.05) is 4.90 Å². The van der Waals surface area contributed by atoms with E-state index >= 15 is 0 Å². The molecular formula is C18H28N6O3. The summed E-state index contributed by atoms with van der Waals surface area (Å²) in [6.45, 7) is 5.32. The van der Waals surface area contributed by atoms with Crippen molar-refractivity contribution in [2.75, 3.05) is 45.9 Å². The Kier molecular flexibility index (Phi) is 5.68. The first-order valence-corrected chi connectivity index (χ1v) is 9.92. The summed E-state index contributed by atoms with van der Waals surface area (Å²) in [5.74, 6) is 1.41. The molecule has 1 atom stereocenters. The van der Waals surface area contributed by atoms with Crippen molar-refractivity contribution in [3.63, 3.8) is 0 Å². The van der Waals surface area contributed by atoms with Gasteiger partial charge in [-0.25, -0.2) is 4.98 Å². The molecule has 0 bridgehead atoms. The number of hydrogen-bond acceptors (Lipinski definition) is 6. The van der Waals surface area contributed by atoms with Gasteiger partial charge >= 0.3 is 0 Å². The number of rotatable bonds is 7. The standard InChI is InChI=1S/C18H28N6O3/c25-16-11-27-15(7-19-18(26)17-20-12-21-22-17)10-24(16)9-14-3-5-23(6-4-14)8-13-1-2-13/h12-15H,1-11H2,(H,19,26)(H,20,21,22). The van der Waals surface area contributed by atoms with E-state index in [1.165, 1.54) is 25.7 Å². The molecule has 3 aliphatic rings. The quantitative estimate of drug-likeness (QED) is 0.688. The van der Waals surface area contributed by atoms with Crippen molar-refractivity contribution in [3.8, 4) is 0 Å². The Balaban J connectivity index is 1.20. The van der Waals surface area contributed by atoms with Gasteiger partial charge in [0.25, 0.3) is 5.91 Å². The van der Waals surface area contributed by atoms with Crippen LogP contribution in [-0.4, -0.2) is 88.8 Å². The molecule has 2 amide bonds. The number of likely N-dealkylation sites (tertiary alicyclic amines) is 1. The fourth-order valence-electron chi connectivity index (χ4n) is 3.91. The zero-order valence-electron chi connectivity index (χ0n) is 15.6. The van der Waals surface area contributed by atoms with Gasteiger partial charge in [-0.2, -0.15) is 5.10 Å². The van der Waals surface area contributed by atoms with E-state index in [-0.39, 0.29) is 30.3 Å². The number of H-pyrrole nitrogens is 1. The summed E-state index contributed by atoms with van der Waals surface area (Å²) in [5, 5.41) is 8.98. The van der Waals surface area contributed by atoms with Gasteiger partial charge in [0.15, 0.2) is 0 Å². The Morgan fingerprint density at radius 1 is 1.22 bits per heavy atom. The van der Waals surface area contributed by atoms with E-state index in [0.29, 0.717) is 19.0 Å². The lowest BCUT2D eigenvalue weighted by molar-refractivity contribution is -0.149. The van der Waals surface area contributed by atoms with E-state index in [9.17, 15) is 9.59 Å². The highest BCUT2D eigenvalue weighted by Gasteiger charge is 2.31. The van der Waals surface area contributed by atoms with Crippen LogP contribution >= 0.6 is 0 Å². The van der Waals surface area contributed by atoms with Crippen LogP contribution in [0.1, 0.15) is 36.3 Å². The molecule has 2 aliphatic heterocycles. The van der Waals surface area contributed by atoms with Crippen molar-refractivity contribution < 1.29 is 14.3 Å². The number of amides is 2. The maximum absolute atomic E-state index is 12.2. The summed E-state index contributed by atoms with van der Waals surface area (Å²) < 4.78 is 5.58. The molecule has 4 rings (SSSR count). The number of aromatic amines is 1. The Labute approximate surface area is 158 Å². The highest BCUT2D eigenvalue weighted by molar-refractivity contribution is 5.90. The number of carbonyl (C=O) groups excluding carboxylic acids is 2. The molecule has 1 aromatic rings. The molecule has 148 valence electrons. The first-order chi connectivity index (χ1) is 13.2. The van der Waals surface area contributed by atoms with Crippen molar-refractivity contribution >= 4 is 11.8 Å². The van der Waals surface area contributed by atoms with Crippen molar-refractivity contribution in [1.82, 2.24) is 30.3 Å². The third-order valence-electron chi connectivity index (χ3n) is 5.74. The van der Waals surface area contributed by atoms with E-state index in [0.717, 1.165) is 38.4 Å². The van der Waals surface area contributed by atoms with Gasteiger partial charge in [0.2, 0.25) is 11.7 Å². The number of nitrogens with one attached hydrogen (secondary N) is 2. The number of ether oxygens (including phenoxy) is 1. The van der Waals surface area contributed by atoms with E-state index in [4.69, 9.17) is 4.74 Å². The average Bonchev–Trinajstić information content (AvgIpc) is 3.31. The number of piperidine rings is 1. The predicted molar refractivity (Wildman–Crippen MR) is 96.9 cm³/mol. The largest absolute Gasteiger partial charge is 0.365 e.